The van der Waals surface area contributed by atoms with E-state index in [9.17, 15) is 18.3 Å². The number of aliphatic carboxylic acids is 1. The third-order valence-electron chi connectivity index (χ3n) is 3.93. The van der Waals surface area contributed by atoms with Gasteiger partial charge >= 0.3 is 5.97 Å². The summed E-state index contributed by atoms with van der Waals surface area (Å²) in [5.74, 6) is -0.810. The lowest BCUT2D eigenvalue weighted by Gasteiger charge is -2.36. The number of sulfone groups is 1. The number of rotatable bonds is 4. The van der Waals surface area contributed by atoms with E-state index < -0.39 is 21.8 Å². The Morgan fingerprint density at radius 3 is 2.70 bits per heavy atom. The number of carbonyl (C=O) groups is 1. The van der Waals surface area contributed by atoms with Gasteiger partial charge in [0.05, 0.1) is 10.6 Å². The predicted octanol–water partition coefficient (Wildman–Crippen LogP) is 1.70. The number of likely N-dealkylation sites (N-methyl/N-ethyl adjacent to an activating group) is 1. The first-order chi connectivity index (χ1) is 9.38. The van der Waals surface area contributed by atoms with Gasteiger partial charge < -0.3 is 5.11 Å². The third kappa shape index (κ3) is 2.58. The fourth-order valence-corrected chi connectivity index (χ4v) is 4.45. The molecular formula is C14H19NO4S. The smallest absolute Gasteiger partial charge is 0.320 e. The van der Waals surface area contributed by atoms with E-state index in [0.29, 0.717) is 23.3 Å². The average molecular weight is 297 g/mol. The maximum atomic E-state index is 12.1. The van der Waals surface area contributed by atoms with Gasteiger partial charge in [0.15, 0.2) is 9.84 Å². The summed E-state index contributed by atoms with van der Waals surface area (Å²) in [4.78, 5) is 13.4. The van der Waals surface area contributed by atoms with Gasteiger partial charge in [-0.15, -0.1) is 0 Å². The van der Waals surface area contributed by atoms with Gasteiger partial charge in [-0.2, -0.15) is 0 Å². The molecule has 110 valence electrons. The number of carboxylic acids is 1. The summed E-state index contributed by atoms with van der Waals surface area (Å²) in [5.41, 5.74) is 0.709. The van der Waals surface area contributed by atoms with Crippen molar-refractivity contribution < 1.29 is 18.3 Å². The molecule has 0 radical (unpaired) electrons. The van der Waals surface area contributed by atoms with Crippen molar-refractivity contribution >= 4 is 15.8 Å². The molecule has 1 N–H and O–H groups in total. The molecule has 2 rings (SSSR count). The van der Waals surface area contributed by atoms with E-state index >= 15 is 0 Å². The van der Waals surface area contributed by atoms with Crippen LogP contribution in [0.3, 0.4) is 0 Å². The SMILES string of the molecule is CCC(C(=O)O)N(C)C1CCS(=O)(=O)c2ccccc21. The molecule has 0 saturated carbocycles. The van der Waals surface area contributed by atoms with Gasteiger partial charge in [-0.05, 0) is 31.5 Å². The molecule has 2 atom stereocenters. The molecule has 0 aliphatic carbocycles. The van der Waals surface area contributed by atoms with Gasteiger partial charge in [-0.1, -0.05) is 25.1 Å². The van der Waals surface area contributed by atoms with Crippen molar-refractivity contribution in [2.24, 2.45) is 0 Å². The lowest BCUT2D eigenvalue weighted by atomic mass is 10.00. The maximum Gasteiger partial charge on any atom is 0.320 e. The maximum absolute atomic E-state index is 12.1. The first kappa shape index (κ1) is 15.0. The molecule has 0 saturated heterocycles. The topological polar surface area (TPSA) is 74.7 Å². The molecule has 1 heterocycles. The summed E-state index contributed by atoms with van der Waals surface area (Å²) < 4.78 is 24.2. The molecule has 0 spiro atoms. The zero-order chi connectivity index (χ0) is 14.9. The molecule has 1 aromatic carbocycles. The highest BCUT2D eigenvalue weighted by molar-refractivity contribution is 7.91. The summed E-state index contributed by atoms with van der Waals surface area (Å²) >= 11 is 0. The van der Waals surface area contributed by atoms with Crippen LogP contribution in [-0.2, 0) is 14.6 Å². The van der Waals surface area contributed by atoms with Gasteiger partial charge in [0.25, 0.3) is 0 Å². The van der Waals surface area contributed by atoms with Crippen molar-refractivity contribution in [3.8, 4) is 0 Å². The summed E-state index contributed by atoms with van der Waals surface area (Å²) in [6, 6.07) is 6.11. The molecule has 1 aliphatic heterocycles. The van der Waals surface area contributed by atoms with Crippen molar-refractivity contribution in [2.45, 2.75) is 36.7 Å². The van der Waals surface area contributed by atoms with E-state index in [1.54, 1.807) is 36.2 Å². The Labute approximate surface area is 119 Å². The zero-order valence-electron chi connectivity index (χ0n) is 11.6. The number of nitrogens with zero attached hydrogens (tertiary/aromatic N) is 1. The van der Waals surface area contributed by atoms with E-state index in [4.69, 9.17) is 0 Å². The molecule has 1 aliphatic rings. The second-order valence-corrected chi connectivity index (χ2v) is 7.17. The zero-order valence-corrected chi connectivity index (χ0v) is 12.4. The molecule has 0 amide bonds. The molecular weight excluding hydrogens is 278 g/mol. The van der Waals surface area contributed by atoms with E-state index in [1.165, 1.54) is 0 Å². The number of hydrogen-bond donors (Lipinski definition) is 1. The summed E-state index contributed by atoms with van der Waals surface area (Å²) in [6.45, 7) is 1.82. The van der Waals surface area contributed by atoms with Gasteiger partial charge in [-0.3, -0.25) is 9.69 Å². The Morgan fingerprint density at radius 2 is 2.10 bits per heavy atom. The summed E-state index contributed by atoms with van der Waals surface area (Å²) in [7, 11) is -1.48. The Hall–Kier alpha value is -1.40. The lowest BCUT2D eigenvalue weighted by molar-refractivity contribution is -0.143. The van der Waals surface area contributed by atoms with Crippen LogP contribution in [0, 0.1) is 0 Å². The summed E-state index contributed by atoms with van der Waals surface area (Å²) in [5, 5.41) is 9.27. The normalized spacial score (nSPS) is 22.2. The van der Waals surface area contributed by atoms with Gasteiger partial charge in [-0.25, -0.2) is 8.42 Å². The molecule has 0 aromatic heterocycles. The highest BCUT2D eigenvalue weighted by atomic mass is 32.2. The minimum absolute atomic E-state index is 0.0646. The van der Waals surface area contributed by atoms with Crippen LogP contribution in [-0.4, -0.2) is 43.2 Å². The van der Waals surface area contributed by atoms with Crippen LogP contribution in [0.5, 0.6) is 0 Å². The van der Waals surface area contributed by atoms with E-state index in [-0.39, 0.29) is 11.8 Å². The highest BCUT2D eigenvalue weighted by Gasteiger charge is 2.35. The van der Waals surface area contributed by atoms with Crippen molar-refractivity contribution in [3.05, 3.63) is 29.8 Å². The predicted molar refractivity (Wildman–Crippen MR) is 75.3 cm³/mol. The van der Waals surface area contributed by atoms with Crippen molar-refractivity contribution in [1.82, 2.24) is 4.90 Å². The van der Waals surface area contributed by atoms with Crippen LogP contribution in [0.15, 0.2) is 29.2 Å². The minimum Gasteiger partial charge on any atom is -0.480 e. The van der Waals surface area contributed by atoms with E-state index in [0.717, 1.165) is 0 Å². The highest BCUT2D eigenvalue weighted by Crippen LogP contribution is 2.36. The number of carboxylic acid groups (broad SMARTS) is 1. The molecule has 2 unspecified atom stereocenters. The van der Waals surface area contributed by atoms with Gasteiger partial charge in [0.1, 0.15) is 6.04 Å². The Balaban J connectivity index is 2.43. The average Bonchev–Trinajstić information content (AvgIpc) is 2.39. The van der Waals surface area contributed by atoms with Crippen LogP contribution < -0.4 is 0 Å². The molecule has 1 aromatic rings. The Morgan fingerprint density at radius 1 is 1.45 bits per heavy atom. The standard InChI is InChI=1S/C14H19NO4S/c1-3-11(14(16)17)15(2)12-8-9-20(18,19)13-7-5-4-6-10(12)13/h4-7,11-12H,3,8-9H2,1-2H3,(H,16,17). The van der Waals surface area contributed by atoms with Crippen LogP contribution in [0.25, 0.3) is 0 Å². The third-order valence-corrected chi connectivity index (χ3v) is 5.74. The first-order valence-electron chi connectivity index (χ1n) is 6.65. The minimum atomic E-state index is -3.24. The second kappa shape index (κ2) is 5.54. The van der Waals surface area contributed by atoms with Crippen LogP contribution >= 0.6 is 0 Å². The largest absolute Gasteiger partial charge is 0.480 e. The van der Waals surface area contributed by atoms with Crippen molar-refractivity contribution in [3.63, 3.8) is 0 Å². The Bertz CT molecular complexity index is 611. The van der Waals surface area contributed by atoms with Gasteiger partial charge in [0, 0.05) is 6.04 Å². The number of benzene rings is 1. The van der Waals surface area contributed by atoms with Crippen LogP contribution in [0.1, 0.15) is 31.4 Å². The quantitative estimate of drug-likeness (QED) is 0.915. The van der Waals surface area contributed by atoms with Crippen molar-refractivity contribution in [2.75, 3.05) is 12.8 Å². The molecule has 6 heteroatoms. The van der Waals surface area contributed by atoms with E-state index in [2.05, 4.69) is 0 Å². The second-order valence-electron chi connectivity index (χ2n) is 5.09. The van der Waals surface area contributed by atoms with Crippen molar-refractivity contribution in [1.29, 1.82) is 0 Å². The molecule has 0 fully saturated rings. The molecule has 5 nitrogen and oxygen atoms in total. The monoisotopic (exact) mass is 297 g/mol. The Kier molecular flexibility index (Phi) is 4.15. The fourth-order valence-electron chi connectivity index (χ4n) is 2.85. The lowest BCUT2D eigenvalue weighted by Crippen LogP contribution is -2.42. The van der Waals surface area contributed by atoms with Gasteiger partial charge in [0.2, 0.25) is 0 Å². The van der Waals surface area contributed by atoms with Crippen LogP contribution in [0.2, 0.25) is 0 Å². The number of fused-ring (bicyclic) bond motifs is 1. The van der Waals surface area contributed by atoms with E-state index in [1.807, 2.05) is 6.92 Å². The molecule has 20 heavy (non-hydrogen) atoms. The fraction of sp³-hybridized carbons (Fsp3) is 0.500. The first-order valence-corrected chi connectivity index (χ1v) is 8.30. The molecule has 0 bridgehead atoms. The number of hydrogen-bond acceptors (Lipinski definition) is 4. The summed E-state index contributed by atoms with van der Waals surface area (Å²) in [6.07, 6.45) is 0.914. The van der Waals surface area contributed by atoms with Crippen LogP contribution in [0.4, 0.5) is 0 Å².